The molecule has 0 heterocycles. The number of nitrogens with zero attached hydrogens (tertiary/aromatic N) is 1. The van der Waals surface area contributed by atoms with Crippen molar-refractivity contribution in [2.24, 2.45) is 17.1 Å². The number of nitrogens with two attached hydrogens (primary N) is 1. The minimum absolute atomic E-state index is 0.378. The van der Waals surface area contributed by atoms with E-state index in [-0.39, 0.29) is 0 Å². The van der Waals surface area contributed by atoms with Crippen molar-refractivity contribution in [2.45, 2.75) is 34.6 Å². The Morgan fingerprint density at radius 3 is 2.25 bits per heavy atom. The second-order valence-electron chi connectivity index (χ2n) is 6.23. The Labute approximate surface area is 102 Å². The summed E-state index contributed by atoms with van der Waals surface area (Å²) in [6.07, 6.45) is 0. The highest BCUT2D eigenvalue weighted by atomic mass is 15.1. The van der Waals surface area contributed by atoms with E-state index in [9.17, 15) is 0 Å². The average Bonchev–Trinajstić information content (AvgIpc) is 2.08. The van der Waals surface area contributed by atoms with Crippen LogP contribution in [0.1, 0.15) is 34.6 Å². The summed E-state index contributed by atoms with van der Waals surface area (Å²) in [4.78, 5) is 2.55. The van der Waals surface area contributed by atoms with Crippen molar-refractivity contribution in [1.82, 2.24) is 10.2 Å². The molecule has 0 atom stereocenters. The molecule has 0 radical (unpaired) electrons. The second kappa shape index (κ2) is 8.04. The highest BCUT2D eigenvalue weighted by Crippen LogP contribution is 2.15. The van der Waals surface area contributed by atoms with Gasteiger partial charge in [0.15, 0.2) is 0 Å². The van der Waals surface area contributed by atoms with Gasteiger partial charge in [-0.15, -0.1) is 0 Å². The lowest BCUT2D eigenvalue weighted by molar-refractivity contribution is 0.174. The Morgan fingerprint density at radius 2 is 1.81 bits per heavy atom. The van der Waals surface area contributed by atoms with Crippen LogP contribution in [-0.2, 0) is 0 Å². The summed E-state index contributed by atoms with van der Waals surface area (Å²) in [5.74, 6) is 0.733. The minimum Gasteiger partial charge on any atom is -0.329 e. The lowest BCUT2D eigenvalue weighted by Crippen LogP contribution is -2.40. The first kappa shape index (κ1) is 15.9. The van der Waals surface area contributed by atoms with Gasteiger partial charge in [0.05, 0.1) is 0 Å². The molecular formula is C13H31N3. The maximum Gasteiger partial charge on any atom is 0.0107 e. The van der Waals surface area contributed by atoms with Gasteiger partial charge in [-0.2, -0.15) is 0 Å². The smallest absolute Gasteiger partial charge is 0.0107 e. The van der Waals surface area contributed by atoms with Crippen molar-refractivity contribution in [2.75, 3.05) is 39.3 Å². The Morgan fingerprint density at radius 1 is 1.19 bits per heavy atom. The van der Waals surface area contributed by atoms with Gasteiger partial charge in [0, 0.05) is 39.3 Å². The SMILES string of the molecule is CC(C)CN(CCNCCN)CC(C)(C)C. The van der Waals surface area contributed by atoms with Crippen LogP contribution in [0.4, 0.5) is 0 Å². The highest BCUT2D eigenvalue weighted by molar-refractivity contribution is 4.71. The molecule has 98 valence electrons. The van der Waals surface area contributed by atoms with E-state index >= 15 is 0 Å². The average molecular weight is 229 g/mol. The fraction of sp³-hybridized carbons (Fsp3) is 1.00. The maximum absolute atomic E-state index is 5.45. The molecule has 3 nitrogen and oxygen atoms in total. The Bertz CT molecular complexity index is 161. The maximum atomic E-state index is 5.45. The molecule has 0 rings (SSSR count). The van der Waals surface area contributed by atoms with Crippen LogP contribution in [0.5, 0.6) is 0 Å². The van der Waals surface area contributed by atoms with E-state index in [4.69, 9.17) is 5.73 Å². The van der Waals surface area contributed by atoms with Crippen LogP contribution in [-0.4, -0.2) is 44.2 Å². The summed E-state index contributed by atoms with van der Waals surface area (Å²) in [5.41, 5.74) is 5.83. The lowest BCUT2D eigenvalue weighted by Gasteiger charge is -2.31. The summed E-state index contributed by atoms with van der Waals surface area (Å²) in [5, 5.41) is 3.36. The van der Waals surface area contributed by atoms with Crippen molar-refractivity contribution in [3.8, 4) is 0 Å². The van der Waals surface area contributed by atoms with Crippen LogP contribution in [0.3, 0.4) is 0 Å². The van der Waals surface area contributed by atoms with Gasteiger partial charge in [-0.05, 0) is 11.3 Å². The number of hydrogen-bond donors (Lipinski definition) is 2. The van der Waals surface area contributed by atoms with Crippen molar-refractivity contribution in [1.29, 1.82) is 0 Å². The van der Waals surface area contributed by atoms with E-state index in [2.05, 4.69) is 44.8 Å². The molecule has 0 aromatic heterocycles. The third kappa shape index (κ3) is 10.4. The highest BCUT2D eigenvalue weighted by Gasteiger charge is 2.16. The van der Waals surface area contributed by atoms with Crippen LogP contribution >= 0.6 is 0 Å². The van der Waals surface area contributed by atoms with Crippen molar-refractivity contribution < 1.29 is 0 Å². The molecule has 0 aliphatic heterocycles. The van der Waals surface area contributed by atoms with Gasteiger partial charge in [-0.3, -0.25) is 0 Å². The topological polar surface area (TPSA) is 41.3 Å². The third-order valence-corrected chi connectivity index (χ3v) is 2.25. The first-order valence-corrected chi connectivity index (χ1v) is 6.48. The minimum atomic E-state index is 0.378. The Kier molecular flexibility index (Phi) is 7.98. The largest absolute Gasteiger partial charge is 0.329 e. The Hall–Kier alpha value is -0.120. The van der Waals surface area contributed by atoms with E-state index in [1.165, 1.54) is 6.54 Å². The van der Waals surface area contributed by atoms with Gasteiger partial charge in [0.2, 0.25) is 0 Å². The zero-order valence-electron chi connectivity index (χ0n) is 11.8. The fourth-order valence-corrected chi connectivity index (χ4v) is 1.89. The first-order chi connectivity index (χ1) is 7.35. The van der Waals surface area contributed by atoms with E-state index in [1.54, 1.807) is 0 Å². The summed E-state index contributed by atoms with van der Waals surface area (Å²) in [6, 6.07) is 0. The predicted octanol–water partition coefficient (Wildman–Crippen LogP) is 1.54. The molecule has 0 aliphatic carbocycles. The molecule has 3 N–H and O–H groups in total. The predicted molar refractivity (Wildman–Crippen MR) is 72.7 cm³/mol. The molecule has 0 spiro atoms. The van der Waals surface area contributed by atoms with E-state index in [0.717, 1.165) is 38.6 Å². The quantitative estimate of drug-likeness (QED) is 0.620. The van der Waals surface area contributed by atoms with E-state index in [0.29, 0.717) is 5.41 Å². The molecule has 0 amide bonds. The summed E-state index contributed by atoms with van der Waals surface area (Å²) < 4.78 is 0. The molecule has 0 fully saturated rings. The van der Waals surface area contributed by atoms with E-state index in [1.807, 2.05) is 0 Å². The first-order valence-electron chi connectivity index (χ1n) is 6.48. The number of nitrogens with one attached hydrogen (secondary N) is 1. The molecule has 0 bridgehead atoms. The second-order valence-corrected chi connectivity index (χ2v) is 6.23. The molecule has 16 heavy (non-hydrogen) atoms. The van der Waals surface area contributed by atoms with Crippen LogP contribution in [0.15, 0.2) is 0 Å². The van der Waals surface area contributed by atoms with Gasteiger partial charge in [-0.1, -0.05) is 34.6 Å². The molecule has 0 aromatic carbocycles. The fourth-order valence-electron chi connectivity index (χ4n) is 1.89. The zero-order chi connectivity index (χ0) is 12.6. The summed E-state index contributed by atoms with van der Waals surface area (Å²) in [7, 11) is 0. The van der Waals surface area contributed by atoms with Crippen LogP contribution in [0, 0.1) is 11.3 Å². The molecule has 0 saturated carbocycles. The van der Waals surface area contributed by atoms with Crippen LogP contribution in [0.25, 0.3) is 0 Å². The van der Waals surface area contributed by atoms with Gasteiger partial charge >= 0.3 is 0 Å². The van der Waals surface area contributed by atoms with Crippen LogP contribution in [0.2, 0.25) is 0 Å². The van der Waals surface area contributed by atoms with E-state index < -0.39 is 0 Å². The van der Waals surface area contributed by atoms with Gasteiger partial charge < -0.3 is 16.0 Å². The third-order valence-electron chi connectivity index (χ3n) is 2.25. The Balaban J connectivity index is 3.91. The zero-order valence-corrected chi connectivity index (χ0v) is 11.8. The van der Waals surface area contributed by atoms with Crippen molar-refractivity contribution in [3.05, 3.63) is 0 Å². The van der Waals surface area contributed by atoms with Crippen molar-refractivity contribution >= 4 is 0 Å². The van der Waals surface area contributed by atoms with Gasteiger partial charge in [0.1, 0.15) is 0 Å². The normalized spacial score (nSPS) is 12.8. The van der Waals surface area contributed by atoms with Gasteiger partial charge in [0.25, 0.3) is 0 Å². The molecule has 0 unspecified atom stereocenters. The number of hydrogen-bond acceptors (Lipinski definition) is 3. The summed E-state index contributed by atoms with van der Waals surface area (Å²) >= 11 is 0. The molecule has 0 saturated heterocycles. The van der Waals surface area contributed by atoms with Crippen molar-refractivity contribution in [3.63, 3.8) is 0 Å². The standard InChI is InChI=1S/C13H31N3/c1-12(2)10-16(11-13(3,4)5)9-8-15-7-6-14/h12,15H,6-11,14H2,1-5H3. The molecule has 3 heteroatoms. The van der Waals surface area contributed by atoms with Gasteiger partial charge in [-0.25, -0.2) is 0 Å². The molecule has 0 aliphatic rings. The monoisotopic (exact) mass is 229 g/mol. The van der Waals surface area contributed by atoms with Crippen LogP contribution < -0.4 is 11.1 Å². The summed E-state index contributed by atoms with van der Waals surface area (Å²) in [6.45, 7) is 17.6. The molecular weight excluding hydrogens is 198 g/mol. The molecule has 0 aromatic rings. The lowest BCUT2D eigenvalue weighted by atomic mass is 9.95. The number of rotatable bonds is 8.